The average Bonchev–Trinajstić information content (AvgIpc) is 2.87. The summed E-state index contributed by atoms with van der Waals surface area (Å²) in [7, 11) is 0. The van der Waals surface area contributed by atoms with Crippen LogP contribution in [-0.2, 0) is 16.8 Å². The number of thiazole rings is 1. The van der Waals surface area contributed by atoms with Gasteiger partial charge in [0.25, 0.3) is 0 Å². The quantitative estimate of drug-likeness (QED) is 0.898. The van der Waals surface area contributed by atoms with Crippen LogP contribution in [0.25, 0.3) is 0 Å². The third-order valence-electron chi connectivity index (χ3n) is 2.48. The lowest BCUT2D eigenvalue weighted by Gasteiger charge is -2.14. The highest BCUT2D eigenvalue weighted by Gasteiger charge is 2.18. The number of hydrogen-bond acceptors (Lipinski definition) is 5. The van der Waals surface area contributed by atoms with Crippen molar-refractivity contribution in [3.8, 4) is 0 Å². The van der Waals surface area contributed by atoms with Crippen molar-refractivity contribution in [3.05, 3.63) is 23.5 Å². The second-order valence-electron chi connectivity index (χ2n) is 5.31. The SMILES string of the molecule is CC(C)(C)c1csc(NC(=O)Cn2cc(N)cn2)n1. The van der Waals surface area contributed by atoms with Crippen molar-refractivity contribution in [2.75, 3.05) is 11.1 Å². The number of rotatable bonds is 3. The summed E-state index contributed by atoms with van der Waals surface area (Å²) in [6.45, 7) is 6.38. The van der Waals surface area contributed by atoms with Crippen LogP contribution in [-0.4, -0.2) is 20.7 Å². The van der Waals surface area contributed by atoms with Crippen LogP contribution in [0.2, 0.25) is 0 Å². The molecule has 2 aromatic heterocycles. The number of nitrogens with two attached hydrogens (primary N) is 1. The van der Waals surface area contributed by atoms with Gasteiger partial charge >= 0.3 is 0 Å². The lowest BCUT2D eigenvalue weighted by molar-refractivity contribution is -0.116. The van der Waals surface area contributed by atoms with Crippen molar-refractivity contribution in [3.63, 3.8) is 0 Å². The number of amides is 1. The van der Waals surface area contributed by atoms with Crippen LogP contribution >= 0.6 is 11.3 Å². The summed E-state index contributed by atoms with van der Waals surface area (Å²) in [5, 5.41) is 9.28. The van der Waals surface area contributed by atoms with Crippen LogP contribution < -0.4 is 11.1 Å². The molecule has 0 bridgehead atoms. The van der Waals surface area contributed by atoms with Gasteiger partial charge in [-0.25, -0.2) is 4.98 Å². The molecule has 0 saturated heterocycles. The molecule has 0 saturated carbocycles. The third-order valence-corrected chi connectivity index (χ3v) is 3.24. The van der Waals surface area contributed by atoms with Gasteiger partial charge in [0.2, 0.25) is 5.91 Å². The maximum absolute atomic E-state index is 11.8. The molecule has 0 aliphatic carbocycles. The number of nitrogen functional groups attached to an aromatic ring is 1. The van der Waals surface area contributed by atoms with Gasteiger partial charge < -0.3 is 11.1 Å². The van der Waals surface area contributed by atoms with Crippen LogP contribution in [0.15, 0.2) is 17.8 Å². The van der Waals surface area contributed by atoms with E-state index in [2.05, 4.69) is 36.2 Å². The van der Waals surface area contributed by atoms with Gasteiger partial charge in [-0.05, 0) is 0 Å². The number of carbonyl (C=O) groups excluding carboxylic acids is 1. The topological polar surface area (TPSA) is 85.8 Å². The van der Waals surface area contributed by atoms with Gasteiger partial charge in [-0.15, -0.1) is 11.3 Å². The smallest absolute Gasteiger partial charge is 0.247 e. The summed E-state index contributed by atoms with van der Waals surface area (Å²) in [6.07, 6.45) is 3.12. The molecule has 2 rings (SSSR count). The second kappa shape index (κ2) is 5.00. The fourth-order valence-electron chi connectivity index (χ4n) is 1.45. The van der Waals surface area contributed by atoms with Gasteiger partial charge in [0.15, 0.2) is 5.13 Å². The number of aromatic nitrogens is 3. The van der Waals surface area contributed by atoms with E-state index in [-0.39, 0.29) is 17.9 Å². The highest BCUT2D eigenvalue weighted by Crippen LogP contribution is 2.26. The summed E-state index contributed by atoms with van der Waals surface area (Å²) in [5.41, 5.74) is 7.02. The summed E-state index contributed by atoms with van der Waals surface area (Å²) >= 11 is 1.42. The van der Waals surface area contributed by atoms with Crippen molar-refractivity contribution < 1.29 is 4.79 Å². The van der Waals surface area contributed by atoms with E-state index in [0.717, 1.165) is 5.69 Å². The minimum atomic E-state index is -0.169. The van der Waals surface area contributed by atoms with Gasteiger partial charge in [-0.3, -0.25) is 9.48 Å². The van der Waals surface area contributed by atoms with Gasteiger partial charge in [0.05, 0.1) is 17.6 Å². The van der Waals surface area contributed by atoms with Crippen LogP contribution in [0.1, 0.15) is 26.5 Å². The number of nitrogens with zero attached hydrogens (tertiary/aromatic N) is 3. The van der Waals surface area contributed by atoms with Crippen LogP contribution in [0, 0.1) is 0 Å². The Hall–Kier alpha value is -1.89. The van der Waals surface area contributed by atoms with Crippen molar-refractivity contribution in [1.82, 2.24) is 14.8 Å². The molecule has 2 aromatic rings. The van der Waals surface area contributed by atoms with Gasteiger partial charge in [-0.2, -0.15) is 5.10 Å². The molecule has 19 heavy (non-hydrogen) atoms. The van der Waals surface area contributed by atoms with Crippen molar-refractivity contribution in [2.24, 2.45) is 0 Å². The van der Waals surface area contributed by atoms with E-state index in [0.29, 0.717) is 10.8 Å². The third kappa shape index (κ3) is 3.54. The van der Waals surface area contributed by atoms with Gasteiger partial charge in [0, 0.05) is 17.0 Å². The maximum atomic E-state index is 11.8. The standard InChI is InChI=1S/C12H17N5OS/c1-12(2,3)9-7-19-11(15-9)16-10(18)6-17-5-8(13)4-14-17/h4-5,7H,6,13H2,1-3H3,(H,15,16,18). The Morgan fingerprint density at radius 2 is 2.26 bits per heavy atom. The predicted molar refractivity (Wildman–Crippen MR) is 76.1 cm³/mol. The molecule has 7 heteroatoms. The first-order chi connectivity index (χ1) is 8.84. The number of hydrogen-bond donors (Lipinski definition) is 2. The molecule has 0 spiro atoms. The molecule has 0 unspecified atom stereocenters. The highest BCUT2D eigenvalue weighted by atomic mass is 32.1. The Labute approximate surface area is 115 Å². The molecule has 102 valence electrons. The zero-order valence-corrected chi connectivity index (χ0v) is 12.0. The fraction of sp³-hybridized carbons (Fsp3) is 0.417. The first-order valence-electron chi connectivity index (χ1n) is 5.88. The van der Waals surface area contributed by atoms with Crippen molar-refractivity contribution in [1.29, 1.82) is 0 Å². The van der Waals surface area contributed by atoms with Crippen LogP contribution in [0.5, 0.6) is 0 Å². The second-order valence-corrected chi connectivity index (χ2v) is 6.17. The van der Waals surface area contributed by atoms with Gasteiger partial charge in [0.1, 0.15) is 6.54 Å². The fourth-order valence-corrected chi connectivity index (χ4v) is 2.40. The molecule has 3 N–H and O–H groups in total. The largest absolute Gasteiger partial charge is 0.396 e. The Morgan fingerprint density at radius 1 is 1.53 bits per heavy atom. The average molecular weight is 279 g/mol. The molecule has 0 fully saturated rings. The van der Waals surface area contributed by atoms with E-state index in [9.17, 15) is 4.79 Å². The lowest BCUT2D eigenvalue weighted by atomic mass is 9.93. The van der Waals surface area contributed by atoms with Crippen molar-refractivity contribution >= 4 is 28.1 Å². The molecule has 0 atom stereocenters. The summed E-state index contributed by atoms with van der Waals surface area (Å²) in [5.74, 6) is -0.169. The Morgan fingerprint density at radius 3 is 2.79 bits per heavy atom. The molecule has 0 aliphatic heterocycles. The Bertz CT molecular complexity index is 581. The van der Waals surface area contributed by atoms with Crippen LogP contribution in [0.3, 0.4) is 0 Å². The van der Waals surface area contributed by atoms with Crippen LogP contribution in [0.4, 0.5) is 10.8 Å². The zero-order valence-electron chi connectivity index (χ0n) is 11.2. The van der Waals surface area contributed by atoms with Gasteiger partial charge in [-0.1, -0.05) is 20.8 Å². The van der Waals surface area contributed by atoms with Crippen molar-refractivity contribution in [2.45, 2.75) is 32.7 Å². The molecular weight excluding hydrogens is 262 g/mol. The molecule has 0 radical (unpaired) electrons. The molecule has 1 amide bonds. The monoisotopic (exact) mass is 279 g/mol. The summed E-state index contributed by atoms with van der Waals surface area (Å²) < 4.78 is 1.49. The first kappa shape index (κ1) is 13.5. The van der Waals surface area contributed by atoms with E-state index < -0.39 is 0 Å². The molecule has 2 heterocycles. The van der Waals surface area contributed by atoms with E-state index in [4.69, 9.17) is 5.73 Å². The number of anilines is 2. The lowest BCUT2D eigenvalue weighted by Crippen LogP contribution is -2.19. The van der Waals surface area contributed by atoms with E-state index in [1.54, 1.807) is 6.20 Å². The molecular formula is C12H17N5OS. The molecule has 0 aromatic carbocycles. The normalized spacial score (nSPS) is 11.5. The summed E-state index contributed by atoms with van der Waals surface area (Å²) in [6, 6.07) is 0. The number of nitrogens with one attached hydrogen (secondary N) is 1. The summed E-state index contributed by atoms with van der Waals surface area (Å²) in [4.78, 5) is 16.2. The minimum absolute atomic E-state index is 0.0179. The minimum Gasteiger partial charge on any atom is -0.396 e. The zero-order chi connectivity index (χ0) is 14.0. The molecule has 0 aliphatic rings. The van der Waals surface area contributed by atoms with E-state index >= 15 is 0 Å². The van der Waals surface area contributed by atoms with E-state index in [1.807, 2.05) is 5.38 Å². The number of carbonyl (C=O) groups is 1. The first-order valence-corrected chi connectivity index (χ1v) is 6.76. The Kier molecular flexibility index (Phi) is 3.57. The predicted octanol–water partition coefficient (Wildman–Crippen LogP) is 1.86. The maximum Gasteiger partial charge on any atom is 0.247 e. The molecule has 6 nitrogen and oxygen atoms in total. The Balaban J connectivity index is 1.97. The van der Waals surface area contributed by atoms with E-state index in [1.165, 1.54) is 22.2 Å². The highest BCUT2D eigenvalue weighted by molar-refractivity contribution is 7.13.